The van der Waals surface area contributed by atoms with Crippen molar-refractivity contribution >= 4 is 11.7 Å². The number of ether oxygens (including phenoxy) is 1. The van der Waals surface area contributed by atoms with Crippen molar-refractivity contribution in [3.8, 4) is 0 Å². The largest absolute Gasteiger partial charge is 0.376 e. The van der Waals surface area contributed by atoms with Crippen LogP contribution < -0.4 is 5.32 Å². The minimum atomic E-state index is -0.0927. The number of fused-ring (bicyclic) bond motifs is 1. The second-order valence-electron chi connectivity index (χ2n) is 7.02. The molecular formula is C21H25N5O2. The molecule has 1 N–H and O–H groups in total. The lowest BCUT2D eigenvalue weighted by Crippen LogP contribution is -2.44. The lowest BCUT2D eigenvalue weighted by atomic mass is 10.2. The third kappa shape index (κ3) is 4.67. The summed E-state index contributed by atoms with van der Waals surface area (Å²) in [7, 11) is 0. The molecular weight excluding hydrogens is 354 g/mol. The summed E-state index contributed by atoms with van der Waals surface area (Å²) in [5.41, 5.74) is 2.75. The number of aromatic nitrogens is 3. The van der Waals surface area contributed by atoms with Gasteiger partial charge in [-0.05, 0) is 37.1 Å². The molecule has 3 aromatic heterocycles. The smallest absolute Gasteiger partial charge is 0.317 e. The molecule has 7 heteroatoms. The Kier molecular flexibility index (Phi) is 5.82. The van der Waals surface area contributed by atoms with Crippen LogP contribution in [0.3, 0.4) is 0 Å². The van der Waals surface area contributed by atoms with Gasteiger partial charge < -0.3 is 19.4 Å². The molecule has 3 aromatic rings. The zero-order chi connectivity index (χ0) is 19.2. The number of imidazole rings is 1. The molecule has 28 heavy (non-hydrogen) atoms. The number of hydrogen-bond donors (Lipinski definition) is 1. The lowest BCUT2D eigenvalue weighted by Gasteiger charge is -2.25. The van der Waals surface area contributed by atoms with Crippen LogP contribution in [0.15, 0.2) is 55.0 Å². The number of urea groups is 1. The van der Waals surface area contributed by atoms with E-state index in [4.69, 9.17) is 4.74 Å². The fourth-order valence-corrected chi connectivity index (χ4v) is 3.46. The third-order valence-electron chi connectivity index (χ3n) is 4.89. The summed E-state index contributed by atoms with van der Waals surface area (Å²) in [6.07, 6.45) is 8.56. The van der Waals surface area contributed by atoms with E-state index in [-0.39, 0.29) is 12.1 Å². The minimum absolute atomic E-state index is 0.0927. The normalized spacial score (nSPS) is 16.4. The first kappa shape index (κ1) is 18.4. The SMILES string of the molecule is O=C(NCCc1cn2ccccc2n1)N(Cc1ccccn1)C[C@H]1CCCO1. The molecule has 0 aromatic carbocycles. The van der Waals surface area contributed by atoms with Gasteiger partial charge in [0.25, 0.3) is 0 Å². The Morgan fingerprint density at radius 3 is 2.96 bits per heavy atom. The predicted molar refractivity (Wildman–Crippen MR) is 106 cm³/mol. The maximum atomic E-state index is 12.8. The van der Waals surface area contributed by atoms with E-state index >= 15 is 0 Å². The molecule has 0 radical (unpaired) electrons. The van der Waals surface area contributed by atoms with E-state index in [1.807, 2.05) is 53.2 Å². The van der Waals surface area contributed by atoms with Gasteiger partial charge >= 0.3 is 6.03 Å². The summed E-state index contributed by atoms with van der Waals surface area (Å²) in [5, 5.41) is 3.02. The molecule has 2 amide bonds. The topological polar surface area (TPSA) is 71.8 Å². The van der Waals surface area contributed by atoms with E-state index < -0.39 is 0 Å². The molecule has 1 saturated heterocycles. The Morgan fingerprint density at radius 2 is 2.18 bits per heavy atom. The van der Waals surface area contributed by atoms with E-state index in [9.17, 15) is 4.79 Å². The number of rotatable bonds is 7. The van der Waals surface area contributed by atoms with Crippen molar-refractivity contribution in [2.75, 3.05) is 19.7 Å². The molecule has 4 rings (SSSR count). The second kappa shape index (κ2) is 8.84. The number of amides is 2. The van der Waals surface area contributed by atoms with Gasteiger partial charge in [-0.3, -0.25) is 4.98 Å². The van der Waals surface area contributed by atoms with Gasteiger partial charge in [0, 0.05) is 44.7 Å². The van der Waals surface area contributed by atoms with Crippen molar-refractivity contribution in [1.82, 2.24) is 24.6 Å². The Morgan fingerprint density at radius 1 is 1.25 bits per heavy atom. The number of pyridine rings is 2. The zero-order valence-corrected chi connectivity index (χ0v) is 15.8. The van der Waals surface area contributed by atoms with Crippen LogP contribution >= 0.6 is 0 Å². The van der Waals surface area contributed by atoms with Crippen LogP contribution in [0.4, 0.5) is 4.79 Å². The Bertz CT molecular complexity index is 872. The van der Waals surface area contributed by atoms with Gasteiger partial charge in [-0.1, -0.05) is 12.1 Å². The Hall–Kier alpha value is -2.93. The van der Waals surface area contributed by atoms with Crippen LogP contribution in [-0.4, -0.2) is 51.1 Å². The van der Waals surface area contributed by atoms with Gasteiger partial charge in [0.05, 0.1) is 24.0 Å². The second-order valence-corrected chi connectivity index (χ2v) is 7.02. The van der Waals surface area contributed by atoms with Crippen molar-refractivity contribution in [3.63, 3.8) is 0 Å². The van der Waals surface area contributed by atoms with Crippen LogP contribution in [0.1, 0.15) is 24.2 Å². The molecule has 0 saturated carbocycles. The van der Waals surface area contributed by atoms with Crippen molar-refractivity contribution < 1.29 is 9.53 Å². The van der Waals surface area contributed by atoms with E-state index in [0.29, 0.717) is 26.1 Å². The van der Waals surface area contributed by atoms with Gasteiger partial charge in [0.15, 0.2) is 0 Å². The van der Waals surface area contributed by atoms with Crippen LogP contribution in [0, 0.1) is 0 Å². The number of nitrogens with one attached hydrogen (secondary N) is 1. The average Bonchev–Trinajstić information content (AvgIpc) is 3.37. The third-order valence-corrected chi connectivity index (χ3v) is 4.89. The number of nitrogens with zero attached hydrogens (tertiary/aromatic N) is 4. The fraction of sp³-hybridized carbons (Fsp3) is 0.381. The first-order chi connectivity index (χ1) is 13.8. The molecule has 1 fully saturated rings. The molecule has 7 nitrogen and oxygen atoms in total. The molecule has 1 aliphatic heterocycles. The monoisotopic (exact) mass is 379 g/mol. The molecule has 146 valence electrons. The predicted octanol–water partition coefficient (Wildman–Crippen LogP) is 2.66. The first-order valence-corrected chi connectivity index (χ1v) is 9.75. The Labute approximate surface area is 164 Å². The van der Waals surface area contributed by atoms with Crippen molar-refractivity contribution in [2.24, 2.45) is 0 Å². The summed E-state index contributed by atoms with van der Waals surface area (Å²) >= 11 is 0. The molecule has 4 heterocycles. The lowest BCUT2D eigenvalue weighted by molar-refractivity contribution is 0.0792. The molecule has 0 aliphatic carbocycles. The van der Waals surface area contributed by atoms with Gasteiger partial charge in [-0.2, -0.15) is 0 Å². The number of hydrogen-bond acceptors (Lipinski definition) is 4. The van der Waals surface area contributed by atoms with E-state index in [2.05, 4.69) is 15.3 Å². The van der Waals surface area contributed by atoms with Crippen LogP contribution in [-0.2, 0) is 17.7 Å². The Balaban J connectivity index is 1.35. The molecule has 0 spiro atoms. The zero-order valence-electron chi connectivity index (χ0n) is 15.8. The minimum Gasteiger partial charge on any atom is -0.376 e. The maximum Gasteiger partial charge on any atom is 0.317 e. The standard InChI is InChI=1S/C21H25N5O2/c27-21(23-11-9-18-15-25-12-4-2-8-20(25)24-18)26(16-19-7-5-13-28-19)14-17-6-1-3-10-22-17/h1-4,6,8,10,12,15,19H,5,7,9,11,13-14,16H2,(H,23,27)/t19-/m1/s1. The van der Waals surface area contributed by atoms with Gasteiger partial charge in [-0.15, -0.1) is 0 Å². The number of carbonyl (C=O) groups is 1. The van der Waals surface area contributed by atoms with E-state index in [1.165, 1.54) is 0 Å². The summed E-state index contributed by atoms with van der Waals surface area (Å²) in [6, 6.07) is 11.6. The van der Waals surface area contributed by atoms with Crippen LogP contribution in [0.25, 0.3) is 5.65 Å². The van der Waals surface area contributed by atoms with Crippen LogP contribution in [0.5, 0.6) is 0 Å². The van der Waals surface area contributed by atoms with E-state index in [1.54, 1.807) is 11.1 Å². The van der Waals surface area contributed by atoms with Crippen molar-refractivity contribution in [2.45, 2.75) is 31.9 Å². The summed E-state index contributed by atoms with van der Waals surface area (Å²) in [6.45, 7) is 2.36. The van der Waals surface area contributed by atoms with Crippen molar-refractivity contribution in [3.05, 3.63) is 66.4 Å². The number of carbonyl (C=O) groups excluding carboxylic acids is 1. The van der Waals surface area contributed by atoms with Gasteiger partial charge in [0.1, 0.15) is 5.65 Å². The molecule has 0 unspecified atom stereocenters. The van der Waals surface area contributed by atoms with Crippen molar-refractivity contribution in [1.29, 1.82) is 0 Å². The van der Waals surface area contributed by atoms with E-state index in [0.717, 1.165) is 36.5 Å². The van der Waals surface area contributed by atoms with Gasteiger partial charge in [0.2, 0.25) is 0 Å². The fourth-order valence-electron chi connectivity index (χ4n) is 3.46. The summed E-state index contributed by atoms with van der Waals surface area (Å²) in [5.74, 6) is 0. The quantitative estimate of drug-likeness (QED) is 0.685. The highest BCUT2D eigenvalue weighted by molar-refractivity contribution is 5.74. The first-order valence-electron chi connectivity index (χ1n) is 9.75. The van der Waals surface area contributed by atoms with Gasteiger partial charge in [-0.25, -0.2) is 9.78 Å². The molecule has 0 bridgehead atoms. The highest BCUT2D eigenvalue weighted by atomic mass is 16.5. The molecule has 1 atom stereocenters. The highest BCUT2D eigenvalue weighted by Crippen LogP contribution is 2.15. The van der Waals surface area contributed by atoms with Crippen LogP contribution in [0.2, 0.25) is 0 Å². The highest BCUT2D eigenvalue weighted by Gasteiger charge is 2.23. The summed E-state index contributed by atoms with van der Waals surface area (Å²) < 4.78 is 7.71. The average molecular weight is 379 g/mol. The molecule has 1 aliphatic rings. The maximum absolute atomic E-state index is 12.8. The summed E-state index contributed by atoms with van der Waals surface area (Å²) in [4.78, 5) is 23.5.